The third-order valence-corrected chi connectivity index (χ3v) is 3.04. The fourth-order valence-electron chi connectivity index (χ4n) is 1.94. The first-order valence-electron chi connectivity index (χ1n) is 6.84. The molecule has 9 heteroatoms. The number of aromatic nitrogens is 2. The van der Waals surface area contributed by atoms with Crippen molar-refractivity contribution in [2.24, 2.45) is 0 Å². The molecule has 0 atom stereocenters. The van der Waals surface area contributed by atoms with Gasteiger partial charge in [-0.25, -0.2) is 14.8 Å². The summed E-state index contributed by atoms with van der Waals surface area (Å²) in [6.07, 6.45) is -4.45. The van der Waals surface area contributed by atoms with E-state index in [1.54, 1.807) is 6.92 Å². The molecular formula is C15H14F3N3O3. The number of rotatable bonds is 4. The molecule has 0 saturated carbocycles. The lowest BCUT2D eigenvalue weighted by atomic mass is 10.1. The SMILES string of the molecule is CCOC(=O)c1nc(-c2ccc(C(F)(F)F)cc2)nc(N)c1OC. The number of nitrogens with zero attached hydrogens (tertiary/aromatic N) is 2. The van der Waals surface area contributed by atoms with Crippen molar-refractivity contribution >= 4 is 11.8 Å². The number of alkyl halides is 3. The average Bonchev–Trinajstić information content (AvgIpc) is 2.53. The molecule has 0 saturated heterocycles. The lowest BCUT2D eigenvalue weighted by Gasteiger charge is -2.11. The van der Waals surface area contributed by atoms with Crippen LogP contribution in [0.1, 0.15) is 23.0 Å². The van der Waals surface area contributed by atoms with Gasteiger partial charge in [0.05, 0.1) is 19.3 Å². The minimum atomic E-state index is -4.45. The molecule has 2 aromatic rings. The normalized spacial score (nSPS) is 11.2. The Kier molecular flexibility index (Phi) is 4.91. The number of benzene rings is 1. The van der Waals surface area contributed by atoms with E-state index in [1.807, 2.05) is 0 Å². The van der Waals surface area contributed by atoms with Crippen LogP contribution in [-0.4, -0.2) is 29.7 Å². The summed E-state index contributed by atoms with van der Waals surface area (Å²) in [5.74, 6) is -0.948. The topological polar surface area (TPSA) is 87.3 Å². The van der Waals surface area contributed by atoms with Crippen molar-refractivity contribution in [1.29, 1.82) is 0 Å². The molecule has 0 radical (unpaired) electrons. The van der Waals surface area contributed by atoms with Crippen molar-refractivity contribution in [3.63, 3.8) is 0 Å². The summed E-state index contributed by atoms with van der Waals surface area (Å²) in [6.45, 7) is 1.73. The smallest absolute Gasteiger partial charge is 0.416 e. The molecule has 0 amide bonds. The number of nitrogen functional groups attached to an aromatic ring is 1. The van der Waals surface area contributed by atoms with Crippen molar-refractivity contribution in [2.75, 3.05) is 19.5 Å². The van der Waals surface area contributed by atoms with Crippen molar-refractivity contribution in [1.82, 2.24) is 9.97 Å². The molecule has 24 heavy (non-hydrogen) atoms. The number of esters is 1. The van der Waals surface area contributed by atoms with Crippen molar-refractivity contribution in [3.05, 3.63) is 35.5 Å². The zero-order valence-corrected chi connectivity index (χ0v) is 12.8. The largest absolute Gasteiger partial charge is 0.491 e. The maximum absolute atomic E-state index is 12.6. The number of anilines is 1. The molecule has 0 fully saturated rings. The van der Waals surface area contributed by atoms with Gasteiger partial charge in [0.2, 0.25) is 0 Å². The van der Waals surface area contributed by atoms with Crippen LogP contribution in [-0.2, 0) is 10.9 Å². The Balaban J connectivity index is 2.49. The maximum atomic E-state index is 12.6. The molecule has 1 heterocycles. The van der Waals surface area contributed by atoms with Gasteiger partial charge >= 0.3 is 12.1 Å². The van der Waals surface area contributed by atoms with Crippen LogP contribution in [0.25, 0.3) is 11.4 Å². The van der Waals surface area contributed by atoms with E-state index in [0.717, 1.165) is 12.1 Å². The summed E-state index contributed by atoms with van der Waals surface area (Å²) < 4.78 is 47.7. The van der Waals surface area contributed by atoms with Gasteiger partial charge < -0.3 is 15.2 Å². The second kappa shape index (κ2) is 6.73. The van der Waals surface area contributed by atoms with Crippen molar-refractivity contribution in [3.8, 4) is 17.1 Å². The first-order valence-corrected chi connectivity index (χ1v) is 6.84. The number of carbonyl (C=O) groups excluding carboxylic acids is 1. The van der Waals surface area contributed by atoms with E-state index in [0.29, 0.717) is 0 Å². The zero-order valence-electron chi connectivity index (χ0n) is 12.8. The Morgan fingerprint density at radius 3 is 2.33 bits per heavy atom. The monoisotopic (exact) mass is 341 g/mol. The first kappa shape index (κ1) is 17.5. The third kappa shape index (κ3) is 3.55. The van der Waals surface area contributed by atoms with Gasteiger partial charge in [0.15, 0.2) is 23.1 Å². The second-order valence-electron chi connectivity index (χ2n) is 4.61. The molecule has 0 unspecified atom stereocenters. The number of methoxy groups -OCH3 is 1. The van der Waals surface area contributed by atoms with Gasteiger partial charge in [0, 0.05) is 5.56 Å². The predicted molar refractivity (Wildman–Crippen MR) is 79.4 cm³/mol. The molecule has 6 nitrogen and oxygen atoms in total. The van der Waals surface area contributed by atoms with Crippen LogP contribution >= 0.6 is 0 Å². The van der Waals surface area contributed by atoms with E-state index >= 15 is 0 Å². The minimum absolute atomic E-state index is 0.00919. The van der Waals surface area contributed by atoms with Gasteiger partial charge in [-0.1, -0.05) is 12.1 Å². The molecule has 0 spiro atoms. The highest BCUT2D eigenvalue weighted by Crippen LogP contribution is 2.32. The third-order valence-electron chi connectivity index (χ3n) is 3.04. The van der Waals surface area contributed by atoms with Crippen LogP contribution in [0.4, 0.5) is 19.0 Å². The Morgan fingerprint density at radius 2 is 1.83 bits per heavy atom. The van der Waals surface area contributed by atoms with E-state index in [9.17, 15) is 18.0 Å². The molecule has 128 valence electrons. The molecule has 2 rings (SSSR count). The van der Waals surface area contributed by atoms with Crippen LogP contribution in [0.3, 0.4) is 0 Å². The predicted octanol–water partition coefficient (Wildman–Crippen LogP) is 2.93. The summed E-state index contributed by atoms with van der Waals surface area (Å²) in [6, 6.07) is 4.17. The van der Waals surface area contributed by atoms with Crippen LogP contribution in [0.2, 0.25) is 0 Å². The van der Waals surface area contributed by atoms with Gasteiger partial charge in [-0.3, -0.25) is 0 Å². The number of hydrogen-bond acceptors (Lipinski definition) is 6. The second-order valence-corrected chi connectivity index (χ2v) is 4.61. The maximum Gasteiger partial charge on any atom is 0.416 e. The van der Waals surface area contributed by atoms with E-state index in [4.69, 9.17) is 15.2 Å². The Labute approximate surface area is 135 Å². The van der Waals surface area contributed by atoms with Gasteiger partial charge in [-0.15, -0.1) is 0 Å². The van der Waals surface area contributed by atoms with Crippen molar-refractivity contribution < 1.29 is 27.4 Å². The van der Waals surface area contributed by atoms with Crippen LogP contribution in [0, 0.1) is 0 Å². The van der Waals surface area contributed by atoms with E-state index in [-0.39, 0.29) is 35.3 Å². The fraction of sp³-hybridized carbons (Fsp3) is 0.267. The van der Waals surface area contributed by atoms with Gasteiger partial charge in [-0.2, -0.15) is 13.2 Å². The molecule has 0 aliphatic rings. The summed E-state index contributed by atoms with van der Waals surface area (Å²) >= 11 is 0. The number of carbonyl (C=O) groups is 1. The summed E-state index contributed by atoms with van der Waals surface area (Å²) in [7, 11) is 1.29. The quantitative estimate of drug-likeness (QED) is 0.861. The Bertz CT molecular complexity index is 746. The van der Waals surface area contributed by atoms with E-state index < -0.39 is 17.7 Å². The molecule has 2 N–H and O–H groups in total. The highest BCUT2D eigenvalue weighted by atomic mass is 19.4. The minimum Gasteiger partial charge on any atom is -0.491 e. The summed E-state index contributed by atoms with van der Waals surface area (Å²) in [4.78, 5) is 19.9. The lowest BCUT2D eigenvalue weighted by molar-refractivity contribution is -0.137. The summed E-state index contributed by atoms with van der Waals surface area (Å²) in [5, 5.41) is 0. The van der Waals surface area contributed by atoms with E-state index in [2.05, 4.69) is 9.97 Å². The molecule has 0 aliphatic carbocycles. The van der Waals surface area contributed by atoms with Crippen LogP contribution in [0.5, 0.6) is 5.75 Å². The number of hydrogen-bond donors (Lipinski definition) is 1. The first-order chi connectivity index (χ1) is 11.3. The van der Waals surface area contributed by atoms with Gasteiger partial charge in [0.25, 0.3) is 0 Å². The highest BCUT2D eigenvalue weighted by molar-refractivity contribution is 5.92. The standard InChI is InChI=1S/C15H14F3N3O3/c1-3-24-14(22)10-11(23-2)12(19)21-13(20-10)8-4-6-9(7-5-8)15(16,17)18/h4-7H,3H2,1-2H3,(H2,19,20,21). The fourth-order valence-corrected chi connectivity index (χ4v) is 1.94. The lowest BCUT2D eigenvalue weighted by Crippen LogP contribution is -2.13. The van der Waals surface area contributed by atoms with Gasteiger partial charge in [0.1, 0.15) is 0 Å². The molecular weight excluding hydrogens is 327 g/mol. The number of nitrogens with two attached hydrogens (primary N) is 1. The zero-order chi connectivity index (χ0) is 17.9. The number of ether oxygens (including phenoxy) is 2. The molecule has 0 aliphatic heterocycles. The van der Waals surface area contributed by atoms with Crippen LogP contribution < -0.4 is 10.5 Å². The van der Waals surface area contributed by atoms with Crippen molar-refractivity contribution in [2.45, 2.75) is 13.1 Å². The molecule has 1 aromatic carbocycles. The Morgan fingerprint density at radius 1 is 1.21 bits per heavy atom. The summed E-state index contributed by atoms with van der Waals surface area (Å²) in [5.41, 5.74) is 5.01. The Hall–Kier alpha value is -2.84. The van der Waals surface area contributed by atoms with Gasteiger partial charge in [-0.05, 0) is 19.1 Å². The number of halogens is 3. The molecule has 0 bridgehead atoms. The molecule has 1 aromatic heterocycles. The average molecular weight is 341 g/mol. The highest BCUT2D eigenvalue weighted by Gasteiger charge is 2.30. The van der Waals surface area contributed by atoms with Crippen LogP contribution in [0.15, 0.2) is 24.3 Å². The van der Waals surface area contributed by atoms with E-state index in [1.165, 1.54) is 19.2 Å².